The molecule has 0 bridgehead atoms. The molecule has 0 aliphatic rings. The van der Waals surface area contributed by atoms with E-state index in [9.17, 15) is 13.5 Å². The van der Waals surface area contributed by atoms with Gasteiger partial charge in [-0.05, 0) is 25.7 Å². The maximum absolute atomic E-state index is 11.1. The smallest absolute Gasteiger partial charge is 0.267 e. The molecule has 0 saturated carbocycles. The molecule has 2 N–H and O–H groups in total. The first-order valence-electron chi connectivity index (χ1n) is 12.1. The Morgan fingerprint density at radius 3 is 1.32 bits per heavy atom. The second-order valence-corrected chi connectivity index (χ2v) is 10.2. The van der Waals surface area contributed by atoms with E-state index in [1.807, 2.05) is 6.92 Å². The first-order chi connectivity index (χ1) is 13.4. The van der Waals surface area contributed by atoms with Crippen LogP contribution in [0.15, 0.2) is 0 Å². The van der Waals surface area contributed by atoms with Crippen molar-refractivity contribution in [1.82, 2.24) is 0 Å². The van der Waals surface area contributed by atoms with Crippen molar-refractivity contribution in [2.75, 3.05) is 0 Å². The van der Waals surface area contributed by atoms with Crippen LogP contribution in [0.25, 0.3) is 0 Å². The first-order valence-corrected chi connectivity index (χ1v) is 13.6. The maximum atomic E-state index is 11.1. The summed E-state index contributed by atoms with van der Waals surface area (Å²) in [7, 11) is -3.86. The Balaban J connectivity index is 3.31. The predicted octanol–water partition coefficient (Wildman–Crippen LogP) is 7.06. The third kappa shape index (κ3) is 17.9. The summed E-state index contributed by atoms with van der Waals surface area (Å²) in [6.07, 6.45) is 21.1. The Bertz CT molecular complexity index is 422. The van der Waals surface area contributed by atoms with Gasteiger partial charge in [0.2, 0.25) is 0 Å². The number of hydrogen-bond acceptors (Lipinski definition) is 3. The van der Waals surface area contributed by atoms with Gasteiger partial charge in [0.05, 0.1) is 11.4 Å². The lowest BCUT2D eigenvalue weighted by atomic mass is 10.0. The van der Waals surface area contributed by atoms with E-state index in [1.165, 1.54) is 70.6 Å². The number of hydrogen-bond donors (Lipinski definition) is 2. The fourth-order valence-electron chi connectivity index (χ4n) is 3.86. The molecular weight excluding hydrogens is 372 g/mol. The molecule has 0 aliphatic heterocycles. The maximum Gasteiger partial charge on any atom is 0.267 e. The van der Waals surface area contributed by atoms with E-state index in [-0.39, 0.29) is 6.10 Å². The second-order valence-electron chi connectivity index (χ2n) is 8.51. The average molecular weight is 421 g/mol. The van der Waals surface area contributed by atoms with Crippen molar-refractivity contribution in [3.8, 4) is 0 Å². The van der Waals surface area contributed by atoms with Crippen molar-refractivity contribution in [1.29, 1.82) is 0 Å². The van der Waals surface area contributed by atoms with Gasteiger partial charge in [0.25, 0.3) is 10.1 Å². The number of aliphatic hydroxyl groups excluding tert-OH is 1. The molecule has 0 aromatic heterocycles. The highest BCUT2D eigenvalue weighted by Gasteiger charge is 2.19. The van der Waals surface area contributed by atoms with Gasteiger partial charge in [0.15, 0.2) is 0 Å². The van der Waals surface area contributed by atoms with Crippen LogP contribution in [0.3, 0.4) is 0 Å². The highest BCUT2D eigenvalue weighted by atomic mass is 32.2. The van der Waals surface area contributed by atoms with Gasteiger partial charge < -0.3 is 5.11 Å². The molecule has 0 aromatic rings. The molecule has 0 saturated heterocycles. The summed E-state index contributed by atoms with van der Waals surface area (Å²) in [5.74, 6) is 0. The predicted molar refractivity (Wildman–Crippen MR) is 120 cm³/mol. The number of unbranched alkanes of at least 4 members (excludes halogenated alkanes) is 13. The molecule has 0 fully saturated rings. The monoisotopic (exact) mass is 420 g/mol. The minimum absolute atomic E-state index is 0.0882. The van der Waals surface area contributed by atoms with E-state index in [0.717, 1.165) is 38.5 Å². The van der Waals surface area contributed by atoms with Crippen LogP contribution in [0, 0.1) is 0 Å². The molecule has 0 radical (unpaired) electrons. The van der Waals surface area contributed by atoms with Crippen LogP contribution in [0.5, 0.6) is 0 Å². The van der Waals surface area contributed by atoms with Gasteiger partial charge in [0, 0.05) is 0 Å². The fourth-order valence-corrected chi connectivity index (χ4v) is 4.74. The third-order valence-corrected chi connectivity index (χ3v) is 7.24. The Morgan fingerprint density at radius 1 is 0.607 bits per heavy atom. The van der Waals surface area contributed by atoms with E-state index < -0.39 is 15.4 Å². The highest BCUT2D eigenvalue weighted by Crippen LogP contribution is 2.17. The number of aliphatic hydroxyl groups is 1. The lowest BCUT2D eigenvalue weighted by Gasteiger charge is -2.11. The van der Waals surface area contributed by atoms with Gasteiger partial charge in [-0.15, -0.1) is 0 Å². The van der Waals surface area contributed by atoms with Crippen LogP contribution < -0.4 is 0 Å². The van der Waals surface area contributed by atoms with Crippen molar-refractivity contribution in [3.05, 3.63) is 0 Å². The van der Waals surface area contributed by atoms with E-state index >= 15 is 0 Å². The van der Waals surface area contributed by atoms with Gasteiger partial charge in [-0.25, -0.2) is 0 Å². The van der Waals surface area contributed by atoms with Crippen LogP contribution in [0.1, 0.15) is 136 Å². The van der Waals surface area contributed by atoms with Gasteiger partial charge in [-0.2, -0.15) is 8.42 Å². The summed E-state index contributed by atoms with van der Waals surface area (Å²) in [5.41, 5.74) is 0. The van der Waals surface area contributed by atoms with Gasteiger partial charge >= 0.3 is 0 Å². The Morgan fingerprint density at radius 2 is 0.964 bits per heavy atom. The van der Waals surface area contributed by atoms with Crippen molar-refractivity contribution in [3.63, 3.8) is 0 Å². The normalized spacial score (nSPS) is 14.3. The fraction of sp³-hybridized carbons (Fsp3) is 1.00. The highest BCUT2D eigenvalue weighted by molar-refractivity contribution is 7.86. The molecule has 0 heterocycles. The van der Waals surface area contributed by atoms with Crippen molar-refractivity contribution >= 4 is 10.1 Å². The van der Waals surface area contributed by atoms with Gasteiger partial charge in [-0.1, -0.05) is 110 Å². The average Bonchev–Trinajstić information content (AvgIpc) is 2.64. The van der Waals surface area contributed by atoms with Crippen LogP contribution in [0.2, 0.25) is 0 Å². The number of rotatable bonds is 21. The lowest BCUT2D eigenvalue weighted by molar-refractivity contribution is 0.147. The minimum Gasteiger partial charge on any atom is -0.393 e. The van der Waals surface area contributed by atoms with E-state index in [0.29, 0.717) is 12.8 Å². The Hall–Kier alpha value is -0.130. The third-order valence-electron chi connectivity index (χ3n) is 5.83. The summed E-state index contributed by atoms with van der Waals surface area (Å²) in [6, 6.07) is 0. The zero-order chi connectivity index (χ0) is 21.1. The Labute approximate surface area is 175 Å². The summed E-state index contributed by atoms with van der Waals surface area (Å²) < 4.78 is 31.4. The summed E-state index contributed by atoms with van der Waals surface area (Å²) in [6.45, 7) is 4.04. The van der Waals surface area contributed by atoms with Crippen LogP contribution in [0.4, 0.5) is 0 Å². The molecule has 4 nitrogen and oxygen atoms in total. The van der Waals surface area contributed by atoms with Crippen LogP contribution in [-0.4, -0.2) is 29.4 Å². The van der Waals surface area contributed by atoms with E-state index in [1.54, 1.807) is 0 Å². The molecular formula is C23H48O4S. The first kappa shape index (κ1) is 27.9. The molecule has 2 atom stereocenters. The van der Waals surface area contributed by atoms with Crippen LogP contribution in [-0.2, 0) is 10.1 Å². The molecule has 0 rings (SSSR count). The lowest BCUT2D eigenvalue weighted by Crippen LogP contribution is -2.19. The molecule has 28 heavy (non-hydrogen) atoms. The molecule has 0 aliphatic carbocycles. The standard InChI is InChI=1S/C23H48O4S/c1-3-5-6-13-16-19-22(24)20-17-14-11-9-7-8-10-12-15-18-21-23(4-2)28(25,26)27/h22-24H,3-21H2,1-2H3,(H,25,26,27). The van der Waals surface area contributed by atoms with Crippen molar-refractivity contribution < 1.29 is 18.1 Å². The summed E-state index contributed by atoms with van der Waals surface area (Å²) in [5, 5.41) is 9.42. The Kier molecular flexibility index (Phi) is 18.8. The van der Waals surface area contributed by atoms with Gasteiger partial charge in [0.1, 0.15) is 0 Å². The van der Waals surface area contributed by atoms with Gasteiger partial charge in [-0.3, -0.25) is 4.55 Å². The zero-order valence-corrected chi connectivity index (χ0v) is 19.5. The van der Waals surface area contributed by atoms with Crippen molar-refractivity contribution in [2.45, 2.75) is 147 Å². The molecule has 170 valence electrons. The SMILES string of the molecule is CCCCCCCC(O)CCCCCCCCCCCCC(CC)S(=O)(=O)O. The molecule has 5 heteroatoms. The quantitative estimate of drug-likeness (QED) is 0.154. The van der Waals surface area contributed by atoms with E-state index in [4.69, 9.17) is 4.55 Å². The molecule has 0 amide bonds. The minimum atomic E-state index is -3.86. The summed E-state index contributed by atoms with van der Waals surface area (Å²) in [4.78, 5) is 0. The van der Waals surface area contributed by atoms with Crippen LogP contribution >= 0.6 is 0 Å². The molecule has 0 spiro atoms. The van der Waals surface area contributed by atoms with E-state index in [2.05, 4.69) is 6.92 Å². The molecule has 0 aromatic carbocycles. The largest absolute Gasteiger partial charge is 0.393 e. The second kappa shape index (κ2) is 18.9. The summed E-state index contributed by atoms with van der Waals surface area (Å²) >= 11 is 0. The topological polar surface area (TPSA) is 74.6 Å². The van der Waals surface area contributed by atoms with Crippen molar-refractivity contribution in [2.24, 2.45) is 0 Å². The zero-order valence-electron chi connectivity index (χ0n) is 18.7. The molecule has 2 unspecified atom stereocenters.